The molecular weight excluding hydrogens is 340 g/mol. The van der Waals surface area contributed by atoms with Crippen LogP contribution in [0.5, 0.6) is 5.75 Å². The summed E-state index contributed by atoms with van der Waals surface area (Å²) in [7, 11) is -3.32. The minimum Gasteiger partial charge on any atom is -0.494 e. The van der Waals surface area contributed by atoms with Crippen LogP contribution in [0.25, 0.3) is 0 Å². The molecule has 0 heterocycles. The van der Waals surface area contributed by atoms with Gasteiger partial charge in [-0.3, -0.25) is 9.52 Å². The number of carbonyl (C=O) groups excluding carboxylic acids is 1. The third-order valence-corrected chi connectivity index (χ3v) is 4.79. The van der Waals surface area contributed by atoms with Crippen LogP contribution < -0.4 is 14.8 Å². The molecule has 2 N–H and O–H groups in total. The molecule has 2 aromatic carbocycles. The van der Waals surface area contributed by atoms with Gasteiger partial charge < -0.3 is 10.1 Å². The molecule has 134 valence electrons. The van der Waals surface area contributed by atoms with Crippen LogP contribution in [0.4, 0.5) is 5.69 Å². The highest BCUT2D eigenvalue weighted by Gasteiger charge is 2.09. The maximum absolute atomic E-state index is 12.2. The molecule has 0 spiro atoms. The van der Waals surface area contributed by atoms with Gasteiger partial charge in [0.25, 0.3) is 5.91 Å². The van der Waals surface area contributed by atoms with E-state index in [9.17, 15) is 13.2 Å². The lowest BCUT2D eigenvalue weighted by Crippen LogP contribution is -2.22. The molecule has 0 saturated heterocycles. The fraction of sp³-hybridized carbons (Fsp3) is 0.278. The van der Waals surface area contributed by atoms with Gasteiger partial charge in [-0.15, -0.1) is 0 Å². The van der Waals surface area contributed by atoms with Crippen molar-refractivity contribution >= 4 is 21.6 Å². The molecule has 0 saturated carbocycles. The average Bonchev–Trinajstić information content (AvgIpc) is 2.61. The summed E-state index contributed by atoms with van der Waals surface area (Å²) in [5.41, 5.74) is 1.86. The summed E-state index contributed by atoms with van der Waals surface area (Å²) in [5, 5.41) is 2.83. The van der Waals surface area contributed by atoms with Crippen LogP contribution in [0.2, 0.25) is 0 Å². The Balaban J connectivity index is 1.92. The molecule has 0 radical (unpaired) electrons. The Kier molecular flexibility index (Phi) is 6.41. The van der Waals surface area contributed by atoms with Gasteiger partial charge in [-0.05, 0) is 55.8 Å². The van der Waals surface area contributed by atoms with Gasteiger partial charge in [-0.2, -0.15) is 0 Å². The van der Waals surface area contributed by atoms with Crippen molar-refractivity contribution in [1.82, 2.24) is 5.32 Å². The highest BCUT2D eigenvalue weighted by molar-refractivity contribution is 7.92. The molecule has 2 rings (SSSR count). The molecule has 0 atom stereocenters. The zero-order chi connectivity index (χ0) is 18.3. The molecule has 0 unspecified atom stereocenters. The van der Waals surface area contributed by atoms with Gasteiger partial charge in [0.2, 0.25) is 10.0 Å². The smallest absolute Gasteiger partial charge is 0.251 e. The average molecular weight is 362 g/mol. The summed E-state index contributed by atoms with van der Waals surface area (Å²) < 4.78 is 30.8. The molecule has 0 aromatic heterocycles. The van der Waals surface area contributed by atoms with Crippen molar-refractivity contribution < 1.29 is 17.9 Å². The number of hydrogen-bond donors (Lipinski definition) is 2. The number of anilines is 1. The first-order valence-electron chi connectivity index (χ1n) is 8.04. The zero-order valence-corrected chi connectivity index (χ0v) is 15.1. The molecule has 6 nitrogen and oxygen atoms in total. The number of ether oxygens (including phenoxy) is 1. The van der Waals surface area contributed by atoms with E-state index in [1.165, 1.54) is 0 Å². The topological polar surface area (TPSA) is 84.5 Å². The molecule has 0 aliphatic carbocycles. The first-order chi connectivity index (χ1) is 11.9. The standard InChI is InChI=1S/C18H22N2O4S/c1-3-24-17-11-5-14(6-12-17)13-19-18(21)15-7-9-16(10-8-15)20-25(22,23)4-2/h5-12,20H,3-4,13H2,1-2H3,(H,19,21). The molecule has 1 amide bonds. The van der Waals surface area contributed by atoms with Gasteiger partial charge in [-0.25, -0.2) is 8.42 Å². The van der Waals surface area contributed by atoms with Crippen LogP contribution in [0.3, 0.4) is 0 Å². The van der Waals surface area contributed by atoms with E-state index in [2.05, 4.69) is 10.0 Å². The number of hydrogen-bond acceptors (Lipinski definition) is 4. The van der Waals surface area contributed by atoms with Crippen LogP contribution in [0.15, 0.2) is 48.5 Å². The highest BCUT2D eigenvalue weighted by Crippen LogP contribution is 2.13. The van der Waals surface area contributed by atoms with Crippen molar-refractivity contribution in [3.05, 3.63) is 59.7 Å². The Morgan fingerprint density at radius 1 is 1.00 bits per heavy atom. The molecule has 0 fully saturated rings. The van der Waals surface area contributed by atoms with Gasteiger partial charge in [0, 0.05) is 17.8 Å². The van der Waals surface area contributed by atoms with E-state index in [1.54, 1.807) is 31.2 Å². The van der Waals surface area contributed by atoms with Crippen LogP contribution >= 0.6 is 0 Å². The first kappa shape index (κ1) is 18.8. The Morgan fingerprint density at radius 2 is 1.64 bits per heavy atom. The van der Waals surface area contributed by atoms with Crippen LogP contribution in [-0.2, 0) is 16.6 Å². The molecule has 0 aliphatic heterocycles. The van der Waals surface area contributed by atoms with Gasteiger partial charge in [0.05, 0.1) is 12.4 Å². The van der Waals surface area contributed by atoms with Crippen LogP contribution in [0, 0.1) is 0 Å². The largest absolute Gasteiger partial charge is 0.494 e. The van der Waals surface area contributed by atoms with Gasteiger partial charge in [0.1, 0.15) is 5.75 Å². The maximum atomic E-state index is 12.2. The van der Waals surface area contributed by atoms with Crippen molar-refractivity contribution in [1.29, 1.82) is 0 Å². The Hall–Kier alpha value is -2.54. The summed E-state index contributed by atoms with van der Waals surface area (Å²) in [6.45, 7) is 4.49. The van der Waals surface area contributed by atoms with Crippen LogP contribution in [-0.4, -0.2) is 26.7 Å². The van der Waals surface area contributed by atoms with Crippen molar-refractivity contribution in [2.24, 2.45) is 0 Å². The predicted molar refractivity (Wildman–Crippen MR) is 98.3 cm³/mol. The maximum Gasteiger partial charge on any atom is 0.251 e. The van der Waals surface area contributed by atoms with Crippen molar-refractivity contribution in [2.75, 3.05) is 17.1 Å². The third-order valence-electron chi connectivity index (χ3n) is 3.49. The number of benzene rings is 2. The Labute approximate surface area is 148 Å². The normalized spacial score (nSPS) is 11.0. The number of rotatable bonds is 8. The second-order valence-corrected chi connectivity index (χ2v) is 7.35. The molecule has 25 heavy (non-hydrogen) atoms. The molecule has 2 aromatic rings. The SMILES string of the molecule is CCOc1ccc(CNC(=O)c2ccc(NS(=O)(=O)CC)cc2)cc1. The quantitative estimate of drug-likeness (QED) is 0.756. The summed E-state index contributed by atoms with van der Waals surface area (Å²) in [6.07, 6.45) is 0. The lowest BCUT2D eigenvalue weighted by Gasteiger charge is -2.09. The molecule has 0 aliphatic rings. The number of nitrogens with one attached hydrogen (secondary N) is 2. The molecule has 0 bridgehead atoms. The number of sulfonamides is 1. The minimum absolute atomic E-state index is 0.00266. The van der Waals surface area contributed by atoms with Gasteiger partial charge >= 0.3 is 0 Å². The van der Waals surface area contributed by atoms with E-state index < -0.39 is 10.0 Å². The Bertz CT molecular complexity index is 800. The van der Waals surface area contributed by atoms with E-state index in [0.717, 1.165) is 11.3 Å². The van der Waals surface area contributed by atoms with E-state index in [1.807, 2.05) is 31.2 Å². The summed E-state index contributed by atoms with van der Waals surface area (Å²) in [4.78, 5) is 12.2. The monoisotopic (exact) mass is 362 g/mol. The number of amides is 1. The van der Waals surface area contributed by atoms with Crippen molar-refractivity contribution in [2.45, 2.75) is 20.4 Å². The van der Waals surface area contributed by atoms with Crippen LogP contribution in [0.1, 0.15) is 29.8 Å². The Morgan fingerprint density at radius 3 is 2.20 bits per heavy atom. The fourth-order valence-corrected chi connectivity index (χ4v) is 2.74. The minimum atomic E-state index is -3.32. The van der Waals surface area contributed by atoms with Crippen molar-refractivity contribution in [3.8, 4) is 5.75 Å². The molecular formula is C18H22N2O4S. The second-order valence-electron chi connectivity index (χ2n) is 5.34. The van der Waals surface area contributed by atoms with E-state index in [4.69, 9.17) is 4.74 Å². The lowest BCUT2D eigenvalue weighted by atomic mass is 10.2. The van der Waals surface area contributed by atoms with Gasteiger partial charge in [-0.1, -0.05) is 12.1 Å². The van der Waals surface area contributed by atoms with E-state index in [-0.39, 0.29) is 11.7 Å². The summed E-state index contributed by atoms with van der Waals surface area (Å²) in [5.74, 6) is 0.568. The first-order valence-corrected chi connectivity index (χ1v) is 9.69. The molecule has 7 heteroatoms. The van der Waals surface area contributed by atoms with Crippen molar-refractivity contribution in [3.63, 3.8) is 0 Å². The lowest BCUT2D eigenvalue weighted by molar-refractivity contribution is 0.0951. The second kappa shape index (κ2) is 8.53. The fourth-order valence-electron chi connectivity index (χ4n) is 2.10. The predicted octanol–water partition coefficient (Wildman–Crippen LogP) is 2.78. The number of carbonyl (C=O) groups is 1. The van der Waals surface area contributed by atoms with E-state index in [0.29, 0.717) is 24.4 Å². The third kappa shape index (κ3) is 5.79. The van der Waals surface area contributed by atoms with E-state index >= 15 is 0 Å². The summed E-state index contributed by atoms with van der Waals surface area (Å²) >= 11 is 0. The van der Waals surface area contributed by atoms with Gasteiger partial charge in [0.15, 0.2) is 0 Å². The zero-order valence-electron chi connectivity index (χ0n) is 14.3. The highest BCUT2D eigenvalue weighted by atomic mass is 32.2. The summed E-state index contributed by atoms with van der Waals surface area (Å²) in [6, 6.07) is 13.8.